The first-order valence-corrected chi connectivity index (χ1v) is 4.21. The van der Waals surface area contributed by atoms with Crippen LogP contribution in [0.3, 0.4) is 0 Å². The fourth-order valence-electron chi connectivity index (χ4n) is 0.0691. The Morgan fingerprint density at radius 1 is 1.08 bits per heavy atom. The van der Waals surface area contributed by atoms with E-state index in [0.29, 0.717) is 0 Å². The molecule has 0 atom stereocenters. The zero-order valence-electron chi connectivity index (χ0n) is 6.33. The van der Waals surface area contributed by atoms with Gasteiger partial charge in [0.2, 0.25) is 10.4 Å². The minimum Gasteiger partial charge on any atom is -0.724 e. The van der Waals surface area contributed by atoms with E-state index in [2.05, 4.69) is 8.67 Å². The van der Waals surface area contributed by atoms with Crippen LogP contribution in [0.2, 0.25) is 0 Å². The number of hydrogen-bond donors (Lipinski definition) is 2. The second-order valence-electron chi connectivity index (χ2n) is 0.972. The predicted molar refractivity (Wildman–Crippen MR) is 32.1 cm³/mol. The topological polar surface area (TPSA) is 197 Å². The van der Waals surface area contributed by atoms with Crippen molar-refractivity contribution in [3.05, 3.63) is 0 Å². The molecule has 0 radical (unpaired) electrons. The summed E-state index contributed by atoms with van der Waals surface area (Å²) in [6.45, 7) is 0. The van der Waals surface area contributed by atoms with Gasteiger partial charge in [-0.25, -0.2) is 8.42 Å². The van der Waals surface area contributed by atoms with Crippen molar-refractivity contribution in [2.24, 2.45) is 0 Å². The van der Waals surface area contributed by atoms with Crippen molar-refractivity contribution in [3.8, 4) is 0 Å². The van der Waals surface area contributed by atoms with Gasteiger partial charge in [0.25, 0.3) is 0 Å². The summed E-state index contributed by atoms with van der Waals surface area (Å²) >= 11 is 0. The molecule has 0 aromatic carbocycles. The zero-order chi connectivity index (χ0) is 8.41. The normalized spacial score (nSPS) is 10.3. The van der Waals surface area contributed by atoms with Gasteiger partial charge in [0, 0.05) is 0 Å². The third-order valence-electron chi connectivity index (χ3n) is 0.197. The van der Waals surface area contributed by atoms with Gasteiger partial charge in [-0.15, -0.1) is 0 Å². The quantitative estimate of drug-likeness (QED) is 0.161. The summed E-state index contributed by atoms with van der Waals surface area (Å²) in [5, 5.41) is 0. The third kappa shape index (κ3) is 24.5. The van der Waals surface area contributed by atoms with Gasteiger partial charge in [-0.3, -0.25) is 4.55 Å². The fourth-order valence-corrected chi connectivity index (χ4v) is 0.622. The Labute approximate surface area is 96.2 Å². The summed E-state index contributed by atoms with van der Waals surface area (Å²) in [7, 11) is -10.3. The van der Waals surface area contributed by atoms with E-state index in [9.17, 15) is 21.4 Å². The molecule has 0 rings (SSSR count). The van der Waals surface area contributed by atoms with Crippen molar-refractivity contribution in [2.45, 2.75) is 0 Å². The van der Waals surface area contributed by atoms with E-state index in [-0.39, 0.29) is 41.2 Å². The second-order valence-corrected chi connectivity index (χ2v) is 2.92. The smallest absolute Gasteiger partial charge is 0.724 e. The molecule has 78 valence electrons. The van der Waals surface area contributed by atoms with Crippen LogP contribution in [-0.4, -0.2) is 31.4 Å². The Bertz CT molecular complexity index is 254. The van der Waals surface area contributed by atoms with Crippen molar-refractivity contribution < 1.29 is 69.6 Å². The molecule has 13 heavy (non-hydrogen) atoms. The number of hydrogen-bond acceptors (Lipinski definition) is 8. The maximum absolute atomic E-state index is 9.48. The Morgan fingerprint density at radius 2 is 1.38 bits per heavy atom. The molecule has 0 aromatic rings. The summed E-state index contributed by atoms with van der Waals surface area (Å²) in [4.78, 5) is 0. The largest absolute Gasteiger partial charge is 1.00 e. The van der Waals surface area contributed by atoms with Crippen LogP contribution in [0, 0.1) is 0 Å². The van der Waals surface area contributed by atoms with Crippen LogP contribution in [0.1, 0.15) is 0 Å². The molecular formula is H6NNaO9S2. The van der Waals surface area contributed by atoms with Gasteiger partial charge < -0.3 is 16.2 Å². The molecular weight excluding hydrogens is 245 g/mol. The van der Waals surface area contributed by atoms with Crippen molar-refractivity contribution in [3.63, 3.8) is 0 Å². The van der Waals surface area contributed by atoms with E-state index in [4.69, 9.17) is 4.55 Å². The standard InChI is InChI=1S/H3N.Na.H2O8S2.H2O/c;;1-9(2,3)7-8-10(4,5)6;/h1H3;;(H,1,2,3)(H,4,5,6);1H2/q;+1;;/p-1. The summed E-state index contributed by atoms with van der Waals surface area (Å²) in [5.74, 6) is 0. The summed E-state index contributed by atoms with van der Waals surface area (Å²) in [6, 6.07) is 0. The van der Waals surface area contributed by atoms with E-state index in [1.165, 1.54) is 0 Å². The maximum atomic E-state index is 9.48. The molecule has 0 amide bonds. The Hall–Kier alpha value is 0.660. The summed E-state index contributed by atoms with van der Waals surface area (Å²) < 4.78 is 60.2. The van der Waals surface area contributed by atoms with Crippen molar-refractivity contribution in [1.29, 1.82) is 0 Å². The molecule has 0 saturated carbocycles. The molecule has 0 bridgehead atoms. The molecule has 0 fully saturated rings. The van der Waals surface area contributed by atoms with Gasteiger partial charge in [-0.2, -0.15) is 8.42 Å². The summed E-state index contributed by atoms with van der Waals surface area (Å²) in [6.07, 6.45) is 0. The van der Waals surface area contributed by atoms with Crippen LogP contribution in [0.15, 0.2) is 0 Å². The zero-order valence-corrected chi connectivity index (χ0v) is 9.96. The van der Waals surface area contributed by atoms with E-state index in [0.717, 1.165) is 0 Å². The first-order valence-electron chi connectivity index (χ1n) is 1.52. The van der Waals surface area contributed by atoms with Gasteiger partial charge in [0.1, 0.15) is 0 Å². The molecule has 0 heterocycles. The van der Waals surface area contributed by atoms with E-state index >= 15 is 0 Å². The van der Waals surface area contributed by atoms with Crippen LogP contribution in [0.25, 0.3) is 0 Å². The van der Waals surface area contributed by atoms with Crippen molar-refractivity contribution in [2.75, 3.05) is 0 Å². The summed E-state index contributed by atoms with van der Waals surface area (Å²) in [5.41, 5.74) is 0. The van der Waals surface area contributed by atoms with Gasteiger partial charge in [-0.1, -0.05) is 8.67 Å². The van der Waals surface area contributed by atoms with Gasteiger partial charge >= 0.3 is 40.0 Å². The Balaban J connectivity index is -0.000000135. The average Bonchev–Trinajstić information content (AvgIpc) is 1.57. The molecule has 0 aliphatic heterocycles. The third-order valence-corrected chi connectivity index (χ3v) is 0.758. The van der Waals surface area contributed by atoms with Crippen LogP contribution in [0.5, 0.6) is 0 Å². The molecule has 0 aliphatic rings. The maximum Gasteiger partial charge on any atom is 1.00 e. The van der Waals surface area contributed by atoms with Crippen LogP contribution < -0.4 is 35.7 Å². The second kappa shape index (κ2) is 8.01. The monoisotopic (exact) mass is 251 g/mol. The molecule has 0 saturated heterocycles. The first kappa shape index (κ1) is 23.5. The minimum absolute atomic E-state index is 0. The van der Waals surface area contributed by atoms with E-state index in [1.54, 1.807) is 0 Å². The molecule has 0 aromatic heterocycles. The van der Waals surface area contributed by atoms with Crippen molar-refractivity contribution in [1.82, 2.24) is 6.15 Å². The number of rotatable bonds is 3. The Morgan fingerprint density at radius 3 is 1.46 bits per heavy atom. The molecule has 0 spiro atoms. The first-order chi connectivity index (χ1) is 4.21. The minimum atomic E-state index is -5.27. The molecule has 6 N–H and O–H groups in total. The predicted octanol–water partition coefficient (Wildman–Crippen LogP) is -5.46. The molecule has 13 heteroatoms. The molecule has 0 aliphatic carbocycles. The van der Waals surface area contributed by atoms with Gasteiger partial charge in [0.15, 0.2) is 0 Å². The van der Waals surface area contributed by atoms with Gasteiger partial charge in [-0.05, 0) is 0 Å². The van der Waals surface area contributed by atoms with Crippen LogP contribution in [-0.2, 0) is 29.5 Å². The van der Waals surface area contributed by atoms with Crippen LogP contribution in [0.4, 0.5) is 0 Å². The van der Waals surface area contributed by atoms with E-state index < -0.39 is 20.8 Å². The molecule has 0 unspecified atom stereocenters. The average molecular weight is 251 g/mol. The molecule has 10 nitrogen and oxygen atoms in total. The van der Waals surface area contributed by atoms with Crippen molar-refractivity contribution >= 4 is 20.8 Å². The van der Waals surface area contributed by atoms with Gasteiger partial charge in [0.05, 0.1) is 0 Å². The fraction of sp³-hybridized carbons (Fsp3) is 0. The SMILES string of the molecule is N.O.O=S(=O)([O-])OOS(=O)(=O)O.[Na+]. The van der Waals surface area contributed by atoms with Crippen LogP contribution >= 0.6 is 0 Å². The van der Waals surface area contributed by atoms with E-state index in [1.807, 2.05) is 0 Å². The Kier molecular flexibility index (Phi) is 14.5.